The van der Waals surface area contributed by atoms with Crippen molar-refractivity contribution in [2.75, 3.05) is 33.9 Å². The van der Waals surface area contributed by atoms with Crippen molar-refractivity contribution in [3.05, 3.63) is 64.5 Å². The molecule has 9 atom stereocenters. The van der Waals surface area contributed by atoms with Gasteiger partial charge in [-0.05, 0) is 73.9 Å². The Labute approximate surface area is 395 Å². The second-order valence-corrected chi connectivity index (χ2v) is 18.2. The first-order chi connectivity index (χ1) is 33.0. The number of ether oxygens (including phenoxy) is 4. The lowest BCUT2D eigenvalue weighted by Gasteiger charge is -2.39. The number of likely N-dealkylation sites (tertiary alicyclic amines) is 2. The number of nitrogens with one attached hydrogen (secondary N) is 4. The molecule has 4 amide bonds. The maximum atomic E-state index is 14.8. The van der Waals surface area contributed by atoms with E-state index in [1.54, 1.807) is 52.4 Å². The van der Waals surface area contributed by atoms with E-state index in [9.17, 15) is 44.4 Å². The molecule has 3 aliphatic heterocycles. The van der Waals surface area contributed by atoms with Gasteiger partial charge < -0.3 is 74.2 Å². The maximum absolute atomic E-state index is 14.8. The van der Waals surface area contributed by atoms with Crippen molar-refractivity contribution >= 4 is 46.0 Å². The topological polar surface area (TPSA) is 304 Å². The van der Waals surface area contributed by atoms with Gasteiger partial charge in [0.25, 0.3) is 0 Å². The van der Waals surface area contributed by atoms with Crippen molar-refractivity contribution in [3.8, 4) is 28.3 Å². The lowest BCUT2D eigenvalue weighted by molar-refractivity contribution is -0.277. The summed E-state index contributed by atoms with van der Waals surface area (Å²) in [6, 6.07) is 7.40. The molecule has 3 aromatic heterocycles. The van der Waals surface area contributed by atoms with Crippen LogP contribution in [0.1, 0.15) is 77.1 Å². The van der Waals surface area contributed by atoms with Crippen molar-refractivity contribution < 1.29 is 63.0 Å². The van der Waals surface area contributed by atoms with Gasteiger partial charge in [0.05, 0.1) is 61.2 Å². The predicted molar refractivity (Wildman–Crippen MR) is 245 cm³/mol. The summed E-state index contributed by atoms with van der Waals surface area (Å²) in [5.74, 6) is -0.494. The molecule has 2 aromatic carbocycles. The first-order valence-corrected chi connectivity index (χ1v) is 23.0. The number of aliphatic hydroxyl groups is 4. The Morgan fingerprint density at radius 1 is 0.812 bits per heavy atom. The number of amides is 4. The number of aliphatic hydroxyl groups excluding tert-OH is 4. The highest BCUT2D eigenvalue weighted by Gasteiger charge is 2.46. The third kappa shape index (κ3) is 9.58. The molecule has 3 saturated heterocycles. The number of hydrogen-bond donors (Lipinski definition) is 8. The van der Waals surface area contributed by atoms with Crippen LogP contribution < -0.4 is 20.8 Å². The minimum atomic E-state index is -1.86. The van der Waals surface area contributed by atoms with Gasteiger partial charge in [-0.3, -0.25) is 14.4 Å². The molecule has 22 heteroatoms. The van der Waals surface area contributed by atoms with Gasteiger partial charge in [0.15, 0.2) is 5.76 Å². The van der Waals surface area contributed by atoms with E-state index in [1.165, 1.54) is 14.2 Å². The summed E-state index contributed by atoms with van der Waals surface area (Å²) < 4.78 is 27.8. The number of nitrogens with zero attached hydrogens (tertiary/aromatic N) is 4. The van der Waals surface area contributed by atoms with Crippen molar-refractivity contribution in [2.24, 2.45) is 11.8 Å². The maximum Gasteiger partial charge on any atom is 0.407 e. The number of rotatable bonds is 13. The van der Waals surface area contributed by atoms with Crippen molar-refractivity contribution in [3.63, 3.8) is 0 Å². The number of alkyl carbamates (subject to hydrolysis) is 2. The number of aromatic amines is 2. The highest BCUT2D eigenvalue weighted by atomic mass is 16.7. The monoisotopic (exact) mass is 958 g/mol. The Morgan fingerprint density at radius 3 is 2.01 bits per heavy atom. The molecule has 0 spiro atoms. The highest BCUT2D eigenvalue weighted by molar-refractivity contribution is 5.89. The van der Waals surface area contributed by atoms with E-state index in [4.69, 9.17) is 28.3 Å². The minimum Gasteiger partial charge on any atom is -0.454 e. The third-order valence-corrected chi connectivity index (χ3v) is 13.1. The van der Waals surface area contributed by atoms with E-state index in [0.29, 0.717) is 78.3 Å². The van der Waals surface area contributed by atoms with Crippen LogP contribution in [0, 0.1) is 11.8 Å². The van der Waals surface area contributed by atoms with E-state index in [2.05, 4.69) is 25.6 Å². The van der Waals surface area contributed by atoms with Crippen molar-refractivity contribution in [2.45, 2.75) is 108 Å². The average Bonchev–Trinajstić information content (AvgIpc) is 4.19. The van der Waals surface area contributed by atoms with Crippen molar-refractivity contribution in [1.82, 2.24) is 40.4 Å². The molecule has 5 aromatic rings. The van der Waals surface area contributed by atoms with Crippen LogP contribution in [0.5, 0.6) is 5.75 Å². The van der Waals surface area contributed by atoms with E-state index in [1.807, 2.05) is 27.7 Å². The second-order valence-electron chi connectivity index (χ2n) is 18.2. The van der Waals surface area contributed by atoms with Crippen LogP contribution in [-0.4, -0.2) is 151 Å². The molecule has 0 aliphatic carbocycles. The normalized spacial score (nSPS) is 23.7. The van der Waals surface area contributed by atoms with E-state index < -0.39 is 84.8 Å². The van der Waals surface area contributed by atoms with Gasteiger partial charge in [0, 0.05) is 24.2 Å². The summed E-state index contributed by atoms with van der Waals surface area (Å²) in [4.78, 5) is 86.1. The number of H-pyrrole nitrogens is 2. The van der Waals surface area contributed by atoms with E-state index >= 15 is 0 Å². The second kappa shape index (κ2) is 20.2. The number of fused-ring (bicyclic) bond motifs is 2. The summed E-state index contributed by atoms with van der Waals surface area (Å²) in [6.45, 7) is 7.47. The molecule has 1 unspecified atom stereocenters. The standard InChI is InChI=1S/C47H58N8O14/c1-21(2)33(52-46(63)65-5)43(61)54-15-7-9-29(54)41-48-19-28(51-41)23-12-14-31-25(17-23)35(57)40(69-45-38(60)37(59)36(58)32(20-56)68-45)39(67-31)24-11-13-26-27(18-24)50-42(49-26)30-10-8-16-55(30)44(62)34(22(3)4)53-47(64)66-6/h11-14,17-19,21-22,29-30,32-34,36-38,45,56,58-60H,7-10,15-16,20H2,1-6H3,(H,48,51)(H,49,50)(H,52,63)(H,53,64)/t29-,30-,32-,33-,34-,36+,37-,38-,45?/m0/s1. The molecule has 0 bridgehead atoms. The van der Waals surface area contributed by atoms with E-state index in [-0.39, 0.29) is 40.4 Å². The van der Waals surface area contributed by atoms with Gasteiger partial charge in [-0.25, -0.2) is 19.6 Å². The number of carbonyl (C=O) groups is 4. The molecule has 6 heterocycles. The molecule has 3 aliphatic rings. The van der Waals surface area contributed by atoms with Crippen LogP contribution in [0.2, 0.25) is 0 Å². The number of hydrogen-bond acceptors (Lipinski definition) is 16. The lowest BCUT2D eigenvalue weighted by Crippen LogP contribution is -2.60. The number of carbonyl (C=O) groups excluding carboxylic acids is 4. The van der Waals surface area contributed by atoms with Crippen LogP contribution in [0.4, 0.5) is 9.59 Å². The molecule has 8 N–H and O–H groups in total. The lowest BCUT2D eigenvalue weighted by atomic mass is 9.99. The fraction of sp³-hybridized carbons (Fsp3) is 0.511. The number of benzene rings is 2. The fourth-order valence-corrected chi connectivity index (χ4v) is 9.29. The summed E-state index contributed by atoms with van der Waals surface area (Å²) in [5, 5.41) is 47.4. The zero-order valence-corrected chi connectivity index (χ0v) is 39.0. The fourth-order valence-electron chi connectivity index (χ4n) is 9.29. The smallest absolute Gasteiger partial charge is 0.407 e. The van der Waals surface area contributed by atoms with Gasteiger partial charge in [-0.1, -0.05) is 27.7 Å². The van der Waals surface area contributed by atoms with Crippen LogP contribution in [-0.2, 0) is 23.8 Å². The third-order valence-electron chi connectivity index (χ3n) is 13.1. The summed E-state index contributed by atoms with van der Waals surface area (Å²) in [7, 11) is 2.47. The van der Waals surface area contributed by atoms with Crippen LogP contribution in [0.3, 0.4) is 0 Å². The molecule has 22 nitrogen and oxygen atoms in total. The predicted octanol–water partition coefficient (Wildman–Crippen LogP) is 2.99. The SMILES string of the molecule is COC(=O)N[C@H](C(=O)N1CCC[C@H]1c1ncc(-c2ccc3oc(-c4ccc5nc([C@@H]6CCCN6C(=O)[C@@H](NC(=O)OC)C(C)C)[nH]c5c4)c(OC4O[C@@H](CO)[C@@H](O)[C@H](O)[C@@H]4O)c(=O)c3c2)[nH]1)C(C)C. The first kappa shape index (κ1) is 48.9. The van der Waals surface area contributed by atoms with Crippen LogP contribution in [0.15, 0.2) is 51.8 Å². The number of aromatic nitrogens is 4. The minimum absolute atomic E-state index is 0.0515. The Balaban J connectivity index is 1.14. The zero-order chi connectivity index (χ0) is 49.4. The largest absolute Gasteiger partial charge is 0.454 e. The van der Waals surface area contributed by atoms with Gasteiger partial charge in [0.2, 0.25) is 29.3 Å². The van der Waals surface area contributed by atoms with Crippen molar-refractivity contribution in [1.29, 1.82) is 0 Å². The summed E-state index contributed by atoms with van der Waals surface area (Å²) >= 11 is 0. The molecule has 0 saturated carbocycles. The molecule has 370 valence electrons. The van der Waals surface area contributed by atoms with Crippen LogP contribution >= 0.6 is 0 Å². The quantitative estimate of drug-likeness (QED) is 0.0841. The Kier molecular flexibility index (Phi) is 14.3. The highest BCUT2D eigenvalue weighted by Crippen LogP contribution is 2.38. The molecule has 8 rings (SSSR count). The summed E-state index contributed by atoms with van der Waals surface area (Å²) in [6.07, 6.45) is -5.66. The molecule has 3 fully saturated rings. The zero-order valence-electron chi connectivity index (χ0n) is 39.0. The van der Waals surface area contributed by atoms with Gasteiger partial charge in [-0.15, -0.1) is 0 Å². The molecule has 69 heavy (non-hydrogen) atoms. The molecular weight excluding hydrogens is 901 g/mol. The number of imidazole rings is 2. The Bertz CT molecular complexity index is 2770. The van der Waals surface area contributed by atoms with Gasteiger partial charge >= 0.3 is 12.2 Å². The number of methoxy groups -OCH3 is 2. The van der Waals surface area contributed by atoms with E-state index in [0.717, 1.165) is 0 Å². The molecule has 0 radical (unpaired) electrons. The molecular formula is C47H58N8O14. The van der Waals surface area contributed by atoms with Gasteiger partial charge in [0.1, 0.15) is 53.7 Å². The Morgan fingerprint density at radius 2 is 1.42 bits per heavy atom. The first-order valence-electron chi connectivity index (χ1n) is 23.0. The van der Waals surface area contributed by atoms with Crippen LogP contribution in [0.25, 0.3) is 44.6 Å². The summed E-state index contributed by atoms with van der Waals surface area (Å²) in [5.41, 5.74) is 1.88. The average molecular weight is 959 g/mol. The Hall–Kier alpha value is -6.59. The van der Waals surface area contributed by atoms with Gasteiger partial charge in [-0.2, -0.15) is 0 Å².